The summed E-state index contributed by atoms with van der Waals surface area (Å²) in [6, 6.07) is 0. The summed E-state index contributed by atoms with van der Waals surface area (Å²) in [5, 5.41) is 0. The van der Waals surface area contributed by atoms with Gasteiger partial charge in [0.15, 0.2) is 12.2 Å². The van der Waals surface area contributed by atoms with Crippen molar-refractivity contribution in [3.05, 3.63) is 0 Å². The second kappa shape index (κ2) is 6.15. The van der Waals surface area contributed by atoms with Gasteiger partial charge in [0.2, 0.25) is 0 Å². The van der Waals surface area contributed by atoms with Crippen LogP contribution in [0.4, 0.5) is 0 Å². The highest BCUT2D eigenvalue weighted by Gasteiger charge is 2.49. The molecule has 0 bridgehead atoms. The van der Waals surface area contributed by atoms with E-state index in [9.17, 15) is 4.79 Å². The Labute approximate surface area is 94.7 Å². The summed E-state index contributed by atoms with van der Waals surface area (Å²) in [5.41, 5.74) is 0. The standard InChI is InChI=1S/C10H18O6/c1-12-5-6(13-2)7-8(14-3)9(15-4)10(11)16-7/h6-9H,5H2,1-4H3. The van der Waals surface area contributed by atoms with E-state index in [0.29, 0.717) is 6.61 Å². The maximum atomic E-state index is 11.5. The van der Waals surface area contributed by atoms with Gasteiger partial charge in [0.1, 0.15) is 12.2 Å². The van der Waals surface area contributed by atoms with E-state index >= 15 is 0 Å². The molecule has 0 N–H and O–H groups in total. The van der Waals surface area contributed by atoms with Crippen molar-refractivity contribution in [2.45, 2.75) is 24.4 Å². The van der Waals surface area contributed by atoms with Crippen molar-refractivity contribution in [3.8, 4) is 0 Å². The summed E-state index contributed by atoms with van der Waals surface area (Å²) < 4.78 is 25.6. The molecule has 1 fully saturated rings. The Bertz CT molecular complexity index is 231. The number of hydrogen-bond donors (Lipinski definition) is 0. The first-order valence-corrected chi connectivity index (χ1v) is 4.97. The van der Waals surface area contributed by atoms with E-state index in [4.69, 9.17) is 23.7 Å². The molecule has 6 nitrogen and oxygen atoms in total. The molecule has 0 aliphatic carbocycles. The lowest BCUT2D eigenvalue weighted by atomic mass is 10.1. The number of cyclic esters (lactones) is 1. The van der Waals surface area contributed by atoms with Crippen molar-refractivity contribution in [1.29, 1.82) is 0 Å². The van der Waals surface area contributed by atoms with Crippen LogP contribution in [0.1, 0.15) is 0 Å². The second-order valence-corrected chi connectivity index (χ2v) is 3.49. The molecule has 0 radical (unpaired) electrons. The van der Waals surface area contributed by atoms with Gasteiger partial charge in [0.05, 0.1) is 6.61 Å². The van der Waals surface area contributed by atoms with Crippen molar-refractivity contribution in [3.63, 3.8) is 0 Å². The zero-order chi connectivity index (χ0) is 12.1. The minimum absolute atomic E-state index is 0.324. The van der Waals surface area contributed by atoms with Crippen LogP contribution in [0.25, 0.3) is 0 Å². The van der Waals surface area contributed by atoms with Gasteiger partial charge < -0.3 is 23.7 Å². The van der Waals surface area contributed by atoms with Crippen LogP contribution in [-0.2, 0) is 28.5 Å². The predicted molar refractivity (Wildman–Crippen MR) is 54.1 cm³/mol. The van der Waals surface area contributed by atoms with Gasteiger partial charge in [-0.05, 0) is 0 Å². The minimum Gasteiger partial charge on any atom is -0.455 e. The van der Waals surface area contributed by atoms with Gasteiger partial charge in [-0.15, -0.1) is 0 Å². The average Bonchev–Trinajstić information content (AvgIpc) is 2.61. The number of methoxy groups -OCH3 is 4. The van der Waals surface area contributed by atoms with E-state index in [-0.39, 0.29) is 6.10 Å². The number of esters is 1. The molecule has 1 aliphatic heterocycles. The fourth-order valence-corrected chi connectivity index (χ4v) is 1.81. The van der Waals surface area contributed by atoms with E-state index in [1.165, 1.54) is 21.3 Å². The number of ether oxygens (including phenoxy) is 5. The third-order valence-corrected chi connectivity index (χ3v) is 2.63. The number of rotatable bonds is 6. The molecule has 1 rings (SSSR count). The molecule has 0 spiro atoms. The van der Waals surface area contributed by atoms with E-state index < -0.39 is 24.3 Å². The van der Waals surface area contributed by atoms with Crippen LogP contribution in [0.5, 0.6) is 0 Å². The summed E-state index contributed by atoms with van der Waals surface area (Å²) in [6.07, 6.45) is -2.05. The maximum Gasteiger partial charge on any atom is 0.338 e. The lowest BCUT2D eigenvalue weighted by Gasteiger charge is -2.25. The van der Waals surface area contributed by atoms with Crippen LogP contribution in [0.15, 0.2) is 0 Å². The lowest BCUT2D eigenvalue weighted by Crippen LogP contribution is -2.43. The Balaban J connectivity index is 2.75. The zero-order valence-corrected chi connectivity index (χ0v) is 9.97. The van der Waals surface area contributed by atoms with Crippen LogP contribution < -0.4 is 0 Å². The van der Waals surface area contributed by atoms with Crippen molar-refractivity contribution in [2.75, 3.05) is 35.0 Å². The number of carbonyl (C=O) groups excluding carboxylic acids is 1. The lowest BCUT2D eigenvalue weighted by molar-refractivity contribution is -0.153. The molecule has 0 aromatic carbocycles. The highest BCUT2D eigenvalue weighted by Crippen LogP contribution is 2.24. The Morgan fingerprint density at radius 2 is 1.94 bits per heavy atom. The molecular formula is C10H18O6. The van der Waals surface area contributed by atoms with Crippen LogP contribution in [0.2, 0.25) is 0 Å². The van der Waals surface area contributed by atoms with Crippen LogP contribution in [0, 0.1) is 0 Å². The minimum atomic E-state index is -0.704. The molecule has 1 saturated heterocycles. The topological polar surface area (TPSA) is 63.2 Å². The first-order chi connectivity index (χ1) is 7.69. The zero-order valence-electron chi connectivity index (χ0n) is 9.97. The molecule has 4 unspecified atom stereocenters. The van der Waals surface area contributed by atoms with Crippen LogP contribution >= 0.6 is 0 Å². The summed E-state index contributed by atoms with van der Waals surface area (Å²) in [6.45, 7) is 0.324. The Morgan fingerprint density at radius 3 is 2.38 bits per heavy atom. The highest BCUT2D eigenvalue weighted by molar-refractivity contribution is 5.78. The third-order valence-electron chi connectivity index (χ3n) is 2.63. The highest BCUT2D eigenvalue weighted by atomic mass is 16.6. The summed E-state index contributed by atoms with van der Waals surface area (Å²) in [7, 11) is 6.03. The van der Waals surface area contributed by atoms with Crippen molar-refractivity contribution >= 4 is 5.97 Å². The number of carbonyl (C=O) groups is 1. The van der Waals surface area contributed by atoms with Gasteiger partial charge in [0, 0.05) is 28.4 Å². The molecule has 0 saturated carbocycles. The molecule has 1 aliphatic rings. The van der Waals surface area contributed by atoms with Gasteiger partial charge >= 0.3 is 5.97 Å². The van der Waals surface area contributed by atoms with E-state index in [1.54, 1.807) is 7.11 Å². The van der Waals surface area contributed by atoms with Crippen LogP contribution in [-0.4, -0.2) is 65.4 Å². The Kier molecular flexibility index (Phi) is 5.14. The van der Waals surface area contributed by atoms with Crippen molar-refractivity contribution in [2.24, 2.45) is 0 Å². The molecule has 0 aromatic rings. The molecule has 1 heterocycles. The van der Waals surface area contributed by atoms with Gasteiger partial charge in [0.25, 0.3) is 0 Å². The quantitative estimate of drug-likeness (QED) is 0.583. The third kappa shape index (κ3) is 2.52. The first-order valence-electron chi connectivity index (χ1n) is 4.97. The normalized spacial score (nSPS) is 31.5. The van der Waals surface area contributed by atoms with Gasteiger partial charge in [-0.1, -0.05) is 0 Å². The van der Waals surface area contributed by atoms with Gasteiger partial charge in [-0.25, -0.2) is 4.79 Å². The average molecular weight is 234 g/mol. The number of hydrogen-bond acceptors (Lipinski definition) is 6. The van der Waals surface area contributed by atoms with Crippen molar-refractivity contribution < 1.29 is 28.5 Å². The molecule has 0 amide bonds. The Morgan fingerprint density at radius 1 is 1.25 bits per heavy atom. The van der Waals surface area contributed by atoms with Crippen molar-refractivity contribution in [1.82, 2.24) is 0 Å². The van der Waals surface area contributed by atoms with E-state index in [1.807, 2.05) is 0 Å². The Hall–Kier alpha value is -0.690. The fourth-order valence-electron chi connectivity index (χ4n) is 1.81. The van der Waals surface area contributed by atoms with E-state index in [2.05, 4.69) is 0 Å². The largest absolute Gasteiger partial charge is 0.455 e. The first kappa shape index (κ1) is 13.4. The molecule has 16 heavy (non-hydrogen) atoms. The molecule has 6 heteroatoms. The fraction of sp³-hybridized carbons (Fsp3) is 0.900. The molecular weight excluding hydrogens is 216 g/mol. The summed E-state index contributed by atoms with van der Waals surface area (Å²) in [4.78, 5) is 11.5. The summed E-state index contributed by atoms with van der Waals surface area (Å²) >= 11 is 0. The second-order valence-electron chi connectivity index (χ2n) is 3.49. The van der Waals surface area contributed by atoms with Gasteiger partial charge in [-0.3, -0.25) is 0 Å². The molecule has 4 atom stereocenters. The summed E-state index contributed by atoms with van der Waals surface area (Å²) in [5.74, 6) is -0.433. The predicted octanol–water partition coefficient (Wildman–Crippen LogP) is -0.397. The molecule has 94 valence electrons. The molecule has 0 aromatic heterocycles. The monoisotopic (exact) mass is 234 g/mol. The van der Waals surface area contributed by atoms with Crippen LogP contribution in [0.3, 0.4) is 0 Å². The maximum absolute atomic E-state index is 11.5. The smallest absolute Gasteiger partial charge is 0.338 e. The van der Waals surface area contributed by atoms with E-state index in [0.717, 1.165) is 0 Å². The van der Waals surface area contributed by atoms with Gasteiger partial charge in [-0.2, -0.15) is 0 Å². The SMILES string of the molecule is COCC(OC)C1OC(=O)C(OC)C1OC.